The van der Waals surface area contributed by atoms with Crippen LogP contribution in [0.2, 0.25) is 0 Å². The molecule has 0 saturated heterocycles. The van der Waals surface area contributed by atoms with Crippen molar-refractivity contribution in [1.82, 2.24) is 0 Å². The molecule has 20 heavy (non-hydrogen) atoms. The Kier molecular flexibility index (Phi) is 18.0. The van der Waals surface area contributed by atoms with Gasteiger partial charge in [-0.05, 0) is 25.8 Å². The van der Waals surface area contributed by atoms with E-state index in [0.29, 0.717) is 0 Å². The fourth-order valence-corrected chi connectivity index (χ4v) is 4.10. The van der Waals surface area contributed by atoms with Gasteiger partial charge in [0.2, 0.25) is 0 Å². The first-order valence-electron chi connectivity index (χ1n) is 8.70. The van der Waals surface area contributed by atoms with Crippen LogP contribution < -0.4 is 5.73 Å². The summed E-state index contributed by atoms with van der Waals surface area (Å²) in [5.41, 5.74) is 5.51. The monoisotopic (exact) mass is 507 g/mol. The third-order valence-electron chi connectivity index (χ3n) is 3.91. The fraction of sp³-hybridized carbons (Fsp3) is 1.00. The lowest BCUT2D eigenvalue weighted by Crippen LogP contribution is -2.13. The zero-order chi connectivity index (χ0) is 15.1. The van der Waals surface area contributed by atoms with Gasteiger partial charge in [-0.1, -0.05) is 116 Å². The van der Waals surface area contributed by atoms with Crippen molar-refractivity contribution < 1.29 is 0 Å². The Labute approximate surface area is 154 Å². The van der Waals surface area contributed by atoms with E-state index in [1.807, 2.05) is 0 Å². The number of halogens is 2. The Morgan fingerprint density at radius 1 is 0.650 bits per heavy atom. The molecule has 0 saturated carbocycles. The molecule has 122 valence electrons. The summed E-state index contributed by atoms with van der Waals surface area (Å²) in [6, 6.07) is 0. The van der Waals surface area contributed by atoms with Gasteiger partial charge >= 0.3 is 0 Å². The minimum Gasteiger partial charge on any atom is -0.330 e. The molecule has 0 fully saturated rings. The van der Waals surface area contributed by atoms with Gasteiger partial charge in [-0.15, -0.1) is 0 Å². The van der Waals surface area contributed by atoms with Crippen LogP contribution in [-0.4, -0.2) is 14.4 Å². The van der Waals surface area contributed by atoms with Gasteiger partial charge in [-0.2, -0.15) is 0 Å². The standard InChI is InChI=1S/C17H35I2N/c1-2-3-4-5-7-10-13-16(18)17(19)14-11-8-6-9-12-15-20/h16-17H,2-15,20H2,1H3. The average Bonchev–Trinajstić information content (AvgIpc) is 2.45. The number of hydrogen-bond acceptors (Lipinski definition) is 1. The summed E-state index contributed by atoms with van der Waals surface area (Å²) >= 11 is 5.37. The lowest BCUT2D eigenvalue weighted by molar-refractivity contribution is 0.559. The van der Waals surface area contributed by atoms with E-state index in [1.54, 1.807) is 0 Å². The second-order valence-corrected chi connectivity index (χ2v) is 9.13. The molecule has 0 aliphatic heterocycles. The van der Waals surface area contributed by atoms with E-state index in [9.17, 15) is 0 Å². The predicted molar refractivity (Wildman–Crippen MR) is 110 cm³/mol. The molecule has 0 aliphatic rings. The van der Waals surface area contributed by atoms with Gasteiger partial charge in [0.25, 0.3) is 0 Å². The molecular formula is C17H35I2N. The Morgan fingerprint density at radius 3 is 1.50 bits per heavy atom. The molecule has 0 aromatic carbocycles. The molecule has 0 aliphatic carbocycles. The van der Waals surface area contributed by atoms with Crippen molar-refractivity contribution in [2.75, 3.05) is 6.54 Å². The Balaban J connectivity index is 3.35. The second-order valence-electron chi connectivity index (χ2n) is 5.93. The van der Waals surface area contributed by atoms with Crippen LogP contribution in [0.1, 0.15) is 90.4 Å². The van der Waals surface area contributed by atoms with Crippen molar-refractivity contribution in [3.63, 3.8) is 0 Å². The zero-order valence-corrected chi connectivity index (χ0v) is 17.7. The zero-order valence-electron chi connectivity index (χ0n) is 13.4. The number of hydrogen-bond donors (Lipinski definition) is 1. The first kappa shape index (κ1) is 21.4. The highest BCUT2D eigenvalue weighted by Gasteiger charge is 2.14. The highest BCUT2D eigenvalue weighted by molar-refractivity contribution is 14.1. The summed E-state index contributed by atoms with van der Waals surface area (Å²) in [6.45, 7) is 3.15. The average molecular weight is 507 g/mol. The maximum Gasteiger partial charge on any atom is 0.0227 e. The fourth-order valence-electron chi connectivity index (χ4n) is 2.50. The summed E-state index contributed by atoms with van der Waals surface area (Å²) < 4.78 is 1.75. The van der Waals surface area contributed by atoms with Crippen molar-refractivity contribution in [3.8, 4) is 0 Å². The lowest BCUT2D eigenvalue weighted by Gasteiger charge is -2.16. The van der Waals surface area contributed by atoms with Crippen molar-refractivity contribution in [2.24, 2.45) is 5.73 Å². The minimum atomic E-state index is 0.864. The van der Waals surface area contributed by atoms with Crippen LogP contribution in [-0.2, 0) is 0 Å². The van der Waals surface area contributed by atoms with E-state index in [-0.39, 0.29) is 0 Å². The van der Waals surface area contributed by atoms with Gasteiger partial charge < -0.3 is 5.73 Å². The number of alkyl halides is 2. The third-order valence-corrected chi connectivity index (χ3v) is 8.27. The summed E-state index contributed by atoms with van der Waals surface area (Å²) in [4.78, 5) is 0. The first-order chi connectivity index (χ1) is 9.72. The quantitative estimate of drug-likeness (QED) is 0.150. The van der Waals surface area contributed by atoms with Gasteiger partial charge in [-0.25, -0.2) is 0 Å². The minimum absolute atomic E-state index is 0.864. The number of unbranched alkanes of at least 4 members (excludes halogenated alkanes) is 9. The largest absolute Gasteiger partial charge is 0.330 e. The molecule has 0 heterocycles. The van der Waals surface area contributed by atoms with Gasteiger partial charge in [0, 0.05) is 7.85 Å². The van der Waals surface area contributed by atoms with Crippen LogP contribution in [0.3, 0.4) is 0 Å². The summed E-state index contributed by atoms with van der Waals surface area (Å²) in [7, 11) is 0. The molecule has 0 rings (SSSR count). The van der Waals surface area contributed by atoms with Crippen molar-refractivity contribution in [3.05, 3.63) is 0 Å². The topological polar surface area (TPSA) is 26.0 Å². The van der Waals surface area contributed by atoms with Crippen molar-refractivity contribution in [2.45, 2.75) is 98.2 Å². The van der Waals surface area contributed by atoms with Crippen LogP contribution in [0.4, 0.5) is 0 Å². The first-order valence-corrected chi connectivity index (χ1v) is 11.2. The number of nitrogens with two attached hydrogens (primary N) is 1. The van der Waals surface area contributed by atoms with Crippen LogP contribution in [0.5, 0.6) is 0 Å². The van der Waals surface area contributed by atoms with Crippen molar-refractivity contribution >= 4 is 45.2 Å². The van der Waals surface area contributed by atoms with E-state index >= 15 is 0 Å². The molecule has 0 bridgehead atoms. The molecule has 0 aromatic heterocycles. The maximum absolute atomic E-state index is 5.51. The highest BCUT2D eigenvalue weighted by Crippen LogP contribution is 2.26. The van der Waals surface area contributed by atoms with E-state index in [2.05, 4.69) is 52.1 Å². The molecule has 0 aromatic rings. The Bertz CT molecular complexity index is 168. The second kappa shape index (κ2) is 16.8. The van der Waals surface area contributed by atoms with Gasteiger partial charge in [0.05, 0.1) is 0 Å². The smallest absolute Gasteiger partial charge is 0.0227 e. The summed E-state index contributed by atoms with van der Waals surface area (Å²) in [5, 5.41) is 0. The normalized spacial score (nSPS) is 14.4. The van der Waals surface area contributed by atoms with E-state index < -0.39 is 0 Å². The lowest BCUT2D eigenvalue weighted by atomic mass is 10.0. The summed E-state index contributed by atoms with van der Waals surface area (Å²) in [5.74, 6) is 0. The van der Waals surface area contributed by atoms with Crippen LogP contribution in [0.15, 0.2) is 0 Å². The molecule has 0 radical (unpaired) electrons. The van der Waals surface area contributed by atoms with Gasteiger partial charge in [-0.3, -0.25) is 0 Å². The summed E-state index contributed by atoms with van der Waals surface area (Å²) in [6.07, 6.45) is 18.1. The molecule has 2 unspecified atom stereocenters. The molecule has 2 N–H and O–H groups in total. The Hall–Kier alpha value is 1.42. The molecular weight excluding hydrogens is 472 g/mol. The molecule has 0 spiro atoms. The van der Waals surface area contributed by atoms with Crippen LogP contribution in [0, 0.1) is 0 Å². The third kappa shape index (κ3) is 14.4. The number of rotatable bonds is 15. The van der Waals surface area contributed by atoms with E-state index in [4.69, 9.17) is 5.73 Å². The molecule has 3 heteroatoms. The molecule has 1 nitrogen and oxygen atoms in total. The van der Waals surface area contributed by atoms with Crippen molar-refractivity contribution in [1.29, 1.82) is 0 Å². The SMILES string of the molecule is CCCCCCCCC(I)C(I)CCCCCCCN. The molecule has 0 amide bonds. The van der Waals surface area contributed by atoms with Gasteiger partial charge in [0.1, 0.15) is 0 Å². The van der Waals surface area contributed by atoms with Crippen LogP contribution >= 0.6 is 45.2 Å². The molecule has 2 atom stereocenters. The maximum atomic E-state index is 5.51. The Morgan fingerprint density at radius 2 is 1.05 bits per heavy atom. The predicted octanol–water partition coefficient (Wildman–Crippen LogP) is 6.64. The van der Waals surface area contributed by atoms with E-state index in [0.717, 1.165) is 14.4 Å². The van der Waals surface area contributed by atoms with Crippen LogP contribution in [0.25, 0.3) is 0 Å². The highest BCUT2D eigenvalue weighted by atomic mass is 127. The van der Waals surface area contributed by atoms with Gasteiger partial charge in [0.15, 0.2) is 0 Å². The van der Waals surface area contributed by atoms with E-state index in [1.165, 1.54) is 83.5 Å².